The highest BCUT2D eigenvalue weighted by Gasteiger charge is 2.16. The van der Waals surface area contributed by atoms with Crippen LogP contribution in [0, 0.1) is 0 Å². The van der Waals surface area contributed by atoms with Crippen LogP contribution in [0.1, 0.15) is 6.42 Å². The van der Waals surface area contributed by atoms with E-state index in [0.717, 1.165) is 6.42 Å². The quantitative estimate of drug-likeness (QED) is 0.509. The fourth-order valence-electron chi connectivity index (χ4n) is 0.558. The van der Waals surface area contributed by atoms with Crippen LogP contribution in [0.4, 0.5) is 15.5 Å². The molecule has 0 amide bonds. The Morgan fingerprint density at radius 3 is 1.83 bits per heavy atom. The van der Waals surface area contributed by atoms with Gasteiger partial charge in [0.05, 0.1) is 0 Å². The van der Waals surface area contributed by atoms with Gasteiger partial charge >= 0.3 is 11.6 Å². The molecular weight excluding hydrogens is 192 g/mol. The average molecular weight is 200 g/mol. The summed E-state index contributed by atoms with van der Waals surface area (Å²) in [5, 5.41) is 0. The summed E-state index contributed by atoms with van der Waals surface area (Å²) in [6, 6.07) is 0. The fourth-order valence-corrected chi connectivity index (χ4v) is 0.558. The minimum atomic E-state index is -6.17. The van der Waals surface area contributed by atoms with E-state index in [2.05, 4.69) is 12.7 Å². The second kappa shape index (κ2) is 5.03. The van der Waals surface area contributed by atoms with Crippen LogP contribution in [0.15, 0.2) is 36.5 Å². The number of hydrogen-bond acceptors (Lipinski definition) is 0. The standard InChI is InChI=1S/C7H8.F4S/c1-7-5-3-2-4-6-7;1-5(2,3)4/h2-5H,1,6H2;. The maximum atomic E-state index is 9.77. The van der Waals surface area contributed by atoms with Crippen LogP contribution in [0.2, 0.25) is 0 Å². The third kappa shape index (κ3) is 12.0. The molecule has 0 nitrogen and oxygen atoms in total. The van der Waals surface area contributed by atoms with E-state index in [-0.39, 0.29) is 0 Å². The molecule has 0 spiro atoms. The van der Waals surface area contributed by atoms with Crippen molar-refractivity contribution in [3.05, 3.63) is 36.5 Å². The van der Waals surface area contributed by atoms with Gasteiger partial charge in [-0.1, -0.05) is 52.0 Å². The third-order valence-electron chi connectivity index (χ3n) is 0.959. The molecule has 0 unspecified atom stereocenters. The average Bonchev–Trinajstić information content (AvgIpc) is 1.85. The van der Waals surface area contributed by atoms with Gasteiger partial charge < -0.3 is 0 Å². The van der Waals surface area contributed by atoms with Gasteiger partial charge in [0, 0.05) is 0 Å². The molecule has 0 aliphatic heterocycles. The molecule has 70 valence electrons. The largest absolute Gasteiger partial charge is 0.379 e. The van der Waals surface area contributed by atoms with Gasteiger partial charge in [0.1, 0.15) is 0 Å². The van der Waals surface area contributed by atoms with Gasteiger partial charge in [-0.15, -0.1) is 0 Å². The lowest BCUT2D eigenvalue weighted by molar-refractivity contribution is 0.543. The summed E-state index contributed by atoms with van der Waals surface area (Å²) in [5.41, 5.74) is 1.20. The third-order valence-corrected chi connectivity index (χ3v) is 0.959. The van der Waals surface area contributed by atoms with Crippen molar-refractivity contribution in [1.29, 1.82) is 0 Å². The summed E-state index contributed by atoms with van der Waals surface area (Å²) < 4.78 is 39.1. The number of rotatable bonds is 0. The summed E-state index contributed by atoms with van der Waals surface area (Å²) in [6.45, 7) is 3.78. The van der Waals surface area contributed by atoms with Gasteiger partial charge in [-0.2, -0.15) is 0 Å². The molecule has 0 heterocycles. The Hall–Kier alpha value is -0.710. The summed E-state index contributed by atoms with van der Waals surface area (Å²) in [4.78, 5) is 0. The lowest BCUT2D eigenvalue weighted by Gasteiger charge is -1.94. The molecule has 1 rings (SSSR count). The highest BCUT2D eigenvalue weighted by Crippen LogP contribution is 2.54. The molecule has 0 bridgehead atoms. The Labute approximate surface area is 70.8 Å². The van der Waals surface area contributed by atoms with E-state index in [1.165, 1.54) is 5.57 Å². The van der Waals surface area contributed by atoms with Gasteiger partial charge in [-0.25, -0.2) is 0 Å². The maximum absolute atomic E-state index is 9.77. The maximum Gasteiger partial charge on any atom is 0.379 e. The predicted molar refractivity (Wildman–Crippen MR) is 44.1 cm³/mol. The molecule has 1 aliphatic rings. The van der Waals surface area contributed by atoms with Gasteiger partial charge in [-0.3, -0.25) is 0 Å². The molecular formula is C7H8F4S. The van der Waals surface area contributed by atoms with E-state index in [9.17, 15) is 15.5 Å². The SMILES string of the molecule is C=C1C=CC=CC1.FS(F)(F)F. The molecule has 0 aromatic heterocycles. The zero-order valence-corrected chi connectivity index (χ0v) is 6.96. The van der Waals surface area contributed by atoms with E-state index >= 15 is 0 Å². The van der Waals surface area contributed by atoms with Gasteiger partial charge in [0.25, 0.3) is 0 Å². The molecule has 0 saturated carbocycles. The van der Waals surface area contributed by atoms with Crippen LogP contribution in [0.25, 0.3) is 0 Å². The Morgan fingerprint density at radius 1 is 1.17 bits per heavy atom. The molecule has 0 fully saturated rings. The molecule has 0 aromatic rings. The van der Waals surface area contributed by atoms with E-state index in [0.29, 0.717) is 0 Å². The molecule has 12 heavy (non-hydrogen) atoms. The predicted octanol–water partition coefficient (Wildman–Crippen LogP) is 4.39. The van der Waals surface area contributed by atoms with Crippen LogP contribution in [0.3, 0.4) is 0 Å². The first-order chi connectivity index (χ1) is 5.39. The molecule has 1 aliphatic carbocycles. The second-order valence-electron chi connectivity index (χ2n) is 2.00. The van der Waals surface area contributed by atoms with Gasteiger partial charge in [0.2, 0.25) is 0 Å². The van der Waals surface area contributed by atoms with Crippen LogP contribution in [-0.4, -0.2) is 0 Å². The zero-order chi connectivity index (χ0) is 9.61. The van der Waals surface area contributed by atoms with E-state index in [1.54, 1.807) is 0 Å². The number of halogens is 4. The smallest absolute Gasteiger partial charge is 0.0955 e. The Balaban J connectivity index is 0.000000217. The lowest BCUT2D eigenvalue weighted by atomic mass is 10.1. The fraction of sp³-hybridized carbons (Fsp3) is 0.143. The summed E-state index contributed by atoms with van der Waals surface area (Å²) >= 11 is -6.17. The second-order valence-corrected chi connectivity index (χ2v) is 2.70. The van der Waals surface area contributed by atoms with E-state index in [1.807, 2.05) is 18.2 Å². The van der Waals surface area contributed by atoms with Crippen molar-refractivity contribution < 1.29 is 15.5 Å². The van der Waals surface area contributed by atoms with Crippen molar-refractivity contribution in [2.24, 2.45) is 0 Å². The Bertz CT molecular complexity index is 196. The van der Waals surface area contributed by atoms with Crippen LogP contribution >= 0.6 is 11.6 Å². The summed E-state index contributed by atoms with van der Waals surface area (Å²) in [6.07, 6.45) is 9.19. The topological polar surface area (TPSA) is 0 Å². The minimum absolute atomic E-state index is 1.02. The van der Waals surface area contributed by atoms with Gasteiger partial charge in [-0.05, 0) is 6.42 Å². The first-order valence-electron chi connectivity index (χ1n) is 3.02. The minimum Gasteiger partial charge on any atom is -0.0955 e. The van der Waals surface area contributed by atoms with Crippen LogP contribution < -0.4 is 0 Å². The first kappa shape index (κ1) is 11.3. The normalized spacial score (nSPS) is 16.8. The monoisotopic (exact) mass is 200 g/mol. The highest BCUT2D eigenvalue weighted by atomic mass is 32.4. The zero-order valence-electron chi connectivity index (χ0n) is 6.14. The first-order valence-corrected chi connectivity index (χ1v) is 4.26. The lowest BCUT2D eigenvalue weighted by Crippen LogP contribution is -1.74. The van der Waals surface area contributed by atoms with Gasteiger partial charge in [0.15, 0.2) is 0 Å². The number of allylic oxidation sites excluding steroid dienone is 5. The van der Waals surface area contributed by atoms with Crippen molar-refractivity contribution in [1.82, 2.24) is 0 Å². The Kier molecular flexibility index (Phi) is 4.73. The van der Waals surface area contributed by atoms with Crippen molar-refractivity contribution in [2.45, 2.75) is 6.42 Å². The summed E-state index contributed by atoms with van der Waals surface area (Å²) in [7, 11) is 0. The number of hydrogen-bond donors (Lipinski definition) is 0. The molecule has 0 radical (unpaired) electrons. The molecule has 0 saturated heterocycles. The molecule has 5 heteroatoms. The Morgan fingerprint density at radius 2 is 1.67 bits per heavy atom. The van der Waals surface area contributed by atoms with Crippen molar-refractivity contribution in [3.8, 4) is 0 Å². The van der Waals surface area contributed by atoms with E-state index in [4.69, 9.17) is 0 Å². The van der Waals surface area contributed by atoms with Crippen molar-refractivity contribution >= 4 is 11.6 Å². The van der Waals surface area contributed by atoms with Crippen LogP contribution in [0.5, 0.6) is 0 Å². The highest BCUT2D eigenvalue weighted by molar-refractivity contribution is 8.16. The van der Waals surface area contributed by atoms with Crippen molar-refractivity contribution in [3.63, 3.8) is 0 Å². The van der Waals surface area contributed by atoms with Crippen LogP contribution in [-0.2, 0) is 0 Å². The molecule has 0 aromatic carbocycles. The van der Waals surface area contributed by atoms with E-state index < -0.39 is 11.6 Å². The molecule has 0 atom stereocenters. The van der Waals surface area contributed by atoms with Crippen molar-refractivity contribution in [2.75, 3.05) is 0 Å². The molecule has 0 N–H and O–H groups in total. The summed E-state index contributed by atoms with van der Waals surface area (Å²) in [5.74, 6) is 0.